The third-order valence-electron chi connectivity index (χ3n) is 1.76. The van der Waals surface area contributed by atoms with Gasteiger partial charge in [-0.2, -0.15) is 4.31 Å². The first-order chi connectivity index (χ1) is 5.31. The molecule has 72 valence electrons. The highest BCUT2D eigenvalue weighted by Crippen LogP contribution is 2.29. The number of nitrogens with zero attached hydrogens (tertiary/aromatic N) is 1. The fourth-order valence-electron chi connectivity index (χ4n) is 1.03. The van der Waals surface area contributed by atoms with Crippen molar-refractivity contribution in [2.75, 3.05) is 13.1 Å². The molecule has 0 aromatic carbocycles. The molecule has 0 amide bonds. The third-order valence-corrected chi connectivity index (χ3v) is 4.42. The summed E-state index contributed by atoms with van der Waals surface area (Å²) in [5.74, 6) is -2.68. The lowest BCUT2D eigenvalue weighted by Crippen LogP contribution is -2.40. The maximum Gasteiger partial charge on any atom is 0.267 e. The van der Waals surface area contributed by atoms with Gasteiger partial charge in [0.2, 0.25) is 0 Å². The Balaban J connectivity index is 2.59. The van der Waals surface area contributed by atoms with Crippen LogP contribution in [0.4, 0.5) is 8.78 Å². The summed E-state index contributed by atoms with van der Waals surface area (Å²) in [6, 6.07) is 0. The minimum Gasteiger partial charge on any atom is -0.207 e. The van der Waals surface area contributed by atoms with Crippen molar-refractivity contribution in [3.63, 3.8) is 0 Å². The largest absolute Gasteiger partial charge is 0.267 e. The molecule has 1 saturated heterocycles. The zero-order chi connectivity index (χ0) is 9.41. The fourth-order valence-corrected chi connectivity index (χ4v) is 2.83. The maximum absolute atomic E-state index is 12.5. The van der Waals surface area contributed by atoms with Gasteiger partial charge in [-0.05, 0) is 0 Å². The first-order valence-electron chi connectivity index (χ1n) is 3.39. The van der Waals surface area contributed by atoms with E-state index in [1.165, 1.54) is 21.2 Å². The van der Waals surface area contributed by atoms with E-state index in [0.717, 1.165) is 4.31 Å². The lowest BCUT2D eigenvalue weighted by atomic mass is 10.1. The molecule has 3 nitrogen and oxygen atoms in total. The van der Waals surface area contributed by atoms with Gasteiger partial charge >= 0.3 is 0 Å². The molecule has 0 atom stereocenters. The van der Waals surface area contributed by atoms with Crippen LogP contribution in [0.1, 0.15) is 12.8 Å². The Kier molecular flexibility index (Phi) is 2.94. The summed E-state index contributed by atoms with van der Waals surface area (Å²) in [6.07, 6.45) is -0.732. The molecule has 1 aliphatic heterocycles. The van der Waals surface area contributed by atoms with Gasteiger partial charge in [-0.15, -0.1) is 0 Å². The van der Waals surface area contributed by atoms with Crippen molar-refractivity contribution in [1.82, 2.24) is 4.31 Å². The van der Waals surface area contributed by atoms with Gasteiger partial charge in [0.1, 0.15) is 0 Å². The van der Waals surface area contributed by atoms with Crippen LogP contribution in [0.15, 0.2) is 0 Å². The van der Waals surface area contributed by atoms with E-state index in [0.29, 0.717) is 0 Å². The second-order valence-electron chi connectivity index (χ2n) is 2.70. The van der Waals surface area contributed by atoms with Gasteiger partial charge in [-0.25, -0.2) is 17.2 Å². The maximum atomic E-state index is 12.5. The molecule has 0 radical (unpaired) electrons. The predicted octanol–water partition coefficient (Wildman–Crippen LogP) is 1.40. The SMILES string of the molecule is O=S(=O)(I)N1CCC(F)(F)CC1. The van der Waals surface area contributed by atoms with Crippen LogP contribution >= 0.6 is 21.2 Å². The Hall–Kier alpha value is 0.500. The predicted molar refractivity (Wildman–Crippen MR) is 48.7 cm³/mol. The van der Waals surface area contributed by atoms with E-state index < -0.39 is 13.1 Å². The Morgan fingerprint density at radius 1 is 1.25 bits per heavy atom. The molecule has 1 heterocycles. The molecule has 0 aliphatic carbocycles. The van der Waals surface area contributed by atoms with Crippen LogP contribution in [-0.2, 0) is 7.19 Å². The standard InChI is InChI=1S/C5H8F2INO2S/c6-5(7)1-3-9(4-2-5)12(8,10)11/h1-4H2. The summed E-state index contributed by atoms with van der Waals surface area (Å²) >= 11 is 1.26. The molecule has 0 spiro atoms. The molecule has 0 aromatic heterocycles. The van der Waals surface area contributed by atoms with Gasteiger partial charge in [0.15, 0.2) is 0 Å². The number of hydrogen-bond acceptors (Lipinski definition) is 2. The van der Waals surface area contributed by atoms with E-state index in [2.05, 4.69) is 0 Å². The highest BCUT2D eigenvalue weighted by Gasteiger charge is 2.37. The lowest BCUT2D eigenvalue weighted by Gasteiger charge is -2.28. The fraction of sp³-hybridized carbons (Fsp3) is 1.00. The second-order valence-corrected chi connectivity index (χ2v) is 7.38. The molecule has 1 fully saturated rings. The Bertz CT molecular complexity index is 257. The average Bonchev–Trinajstić information content (AvgIpc) is 1.83. The zero-order valence-electron chi connectivity index (χ0n) is 6.13. The van der Waals surface area contributed by atoms with Crippen LogP contribution in [-0.4, -0.2) is 31.7 Å². The van der Waals surface area contributed by atoms with Gasteiger partial charge in [-0.1, -0.05) is 0 Å². The Morgan fingerprint density at radius 2 is 1.67 bits per heavy atom. The highest BCUT2D eigenvalue weighted by molar-refractivity contribution is 14.2. The zero-order valence-corrected chi connectivity index (χ0v) is 9.11. The van der Waals surface area contributed by atoms with Crippen molar-refractivity contribution in [3.8, 4) is 0 Å². The molecule has 0 bridgehead atoms. The normalized spacial score (nSPS) is 25.6. The van der Waals surface area contributed by atoms with Crippen LogP contribution < -0.4 is 0 Å². The molecule has 1 aliphatic rings. The van der Waals surface area contributed by atoms with Crippen LogP contribution in [0.3, 0.4) is 0 Å². The van der Waals surface area contributed by atoms with Gasteiger partial charge in [-0.3, -0.25) is 0 Å². The van der Waals surface area contributed by atoms with Gasteiger partial charge in [0.05, 0.1) is 21.2 Å². The first kappa shape index (κ1) is 10.6. The van der Waals surface area contributed by atoms with Gasteiger partial charge in [0.25, 0.3) is 13.1 Å². The molecule has 12 heavy (non-hydrogen) atoms. The van der Waals surface area contributed by atoms with Crippen molar-refractivity contribution in [2.24, 2.45) is 0 Å². The van der Waals surface area contributed by atoms with E-state index >= 15 is 0 Å². The molecule has 0 saturated carbocycles. The van der Waals surface area contributed by atoms with Crippen molar-refractivity contribution >= 4 is 28.4 Å². The smallest absolute Gasteiger partial charge is 0.207 e. The minimum atomic E-state index is -3.31. The summed E-state index contributed by atoms with van der Waals surface area (Å²) in [7, 11) is -3.31. The number of piperidine rings is 1. The van der Waals surface area contributed by atoms with E-state index in [1.807, 2.05) is 0 Å². The van der Waals surface area contributed by atoms with E-state index in [9.17, 15) is 17.2 Å². The Morgan fingerprint density at radius 3 is 2.00 bits per heavy atom. The van der Waals surface area contributed by atoms with Crippen LogP contribution in [0, 0.1) is 0 Å². The molecule has 1 rings (SSSR count). The Labute approximate surface area is 81.8 Å². The summed E-state index contributed by atoms with van der Waals surface area (Å²) in [6.45, 7) is -0.142. The molecule has 0 aromatic rings. The topological polar surface area (TPSA) is 37.4 Å². The van der Waals surface area contributed by atoms with Crippen LogP contribution in [0.25, 0.3) is 0 Å². The quantitative estimate of drug-likeness (QED) is 0.542. The number of halogens is 3. The number of hydrogen-bond donors (Lipinski definition) is 0. The van der Waals surface area contributed by atoms with Crippen LogP contribution in [0.5, 0.6) is 0 Å². The summed E-state index contributed by atoms with van der Waals surface area (Å²) in [5, 5.41) is 0. The molecule has 0 unspecified atom stereocenters. The van der Waals surface area contributed by atoms with Gasteiger partial charge in [0, 0.05) is 25.9 Å². The summed E-state index contributed by atoms with van der Waals surface area (Å²) in [4.78, 5) is 0. The third kappa shape index (κ3) is 2.77. The summed E-state index contributed by atoms with van der Waals surface area (Å²) < 4.78 is 47.9. The number of alkyl halides is 2. The van der Waals surface area contributed by atoms with E-state index in [4.69, 9.17) is 0 Å². The lowest BCUT2D eigenvalue weighted by molar-refractivity contribution is -0.0407. The molecular weight excluding hydrogens is 303 g/mol. The van der Waals surface area contributed by atoms with E-state index in [-0.39, 0.29) is 25.9 Å². The van der Waals surface area contributed by atoms with E-state index in [1.54, 1.807) is 0 Å². The first-order valence-corrected chi connectivity index (χ1v) is 7.37. The average molecular weight is 311 g/mol. The van der Waals surface area contributed by atoms with Crippen molar-refractivity contribution < 1.29 is 17.2 Å². The van der Waals surface area contributed by atoms with Crippen molar-refractivity contribution in [3.05, 3.63) is 0 Å². The second kappa shape index (κ2) is 3.33. The van der Waals surface area contributed by atoms with Crippen molar-refractivity contribution in [2.45, 2.75) is 18.8 Å². The minimum absolute atomic E-state index is 0.0712. The molecule has 0 N–H and O–H groups in total. The molecule has 7 heteroatoms. The highest BCUT2D eigenvalue weighted by atomic mass is 127. The van der Waals surface area contributed by atoms with Crippen molar-refractivity contribution in [1.29, 1.82) is 0 Å². The monoisotopic (exact) mass is 311 g/mol. The van der Waals surface area contributed by atoms with Gasteiger partial charge < -0.3 is 0 Å². The summed E-state index contributed by atoms with van der Waals surface area (Å²) in [5.41, 5.74) is 0. The number of rotatable bonds is 1. The van der Waals surface area contributed by atoms with Crippen LogP contribution in [0.2, 0.25) is 0 Å². The molecular formula is C5H8F2INO2S.